The van der Waals surface area contributed by atoms with Crippen LogP contribution in [0.4, 0.5) is 0 Å². The monoisotopic (exact) mass is 498 g/mol. The molecule has 0 aliphatic carbocycles. The molecule has 1 aliphatic rings. The van der Waals surface area contributed by atoms with Gasteiger partial charge in [0.2, 0.25) is 0 Å². The molecule has 0 radical (unpaired) electrons. The van der Waals surface area contributed by atoms with Crippen molar-refractivity contribution in [3.8, 4) is 11.3 Å². The first kappa shape index (κ1) is 22.6. The summed E-state index contributed by atoms with van der Waals surface area (Å²) >= 11 is 0. The number of H-pyrrole nitrogens is 1. The average Bonchev–Trinajstić information content (AvgIpc) is 3.20. The fourth-order valence-corrected chi connectivity index (χ4v) is 3.09. The minimum absolute atomic E-state index is 0. The van der Waals surface area contributed by atoms with Crippen molar-refractivity contribution >= 4 is 29.9 Å². The fraction of sp³-hybridized carbons (Fsp3) is 0.500. The Morgan fingerprint density at radius 3 is 2.71 bits per heavy atom. The van der Waals surface area contributed by atoms with Crippen LogP contribution >= 0.6 is 24.0 Å². The molecule has 2 heterocycles. The number of hydrogen-bond acceptors (Lipinski definition) is 4. The van der Waals surface area contributed by atoms with Crippen LogP contribution in [0.1, 0.15) is 19.7 Å². The second-order valence-electron chi connectivity index (χ2n) is 6.68. The topological polar surface area (TPSA) is 77.6 Å². The number of nitrogens with zero attached hydrogens (tertiary/aromatic N) is 3. The van der Waals surface area contributed by atoms with Crippen LogP contribution in [0.15, 0.2) is 41.5 Å². The summed E-state index contributed by atoms with van der Waals surface area (Å²) in [5.74, 6) is 1.67. The summed E-state index contributed by atoms with van der Waals surface area (Å²) in [7, 11) is 0. The molecular weight excluding hydrogens is 467 g/mol. The molecule has 2 aromatic rings. The maximum atomic E-state index is 5.43. The molecule has 1 saturated heterocycles. The third kappa shape index (κ3) is 6.75. The molecule has 1 aromatic heterocycles. The van der Waals surface area contributed by atoms with Gasteiger partial charge in [0, 0.05) is 32.2 Å². The van der Waals surface area contributed by atoms with Crippen LogP contribution in [0.2, 0.25) is 0 Å². The van der Waals surface area contributed by atoms with Crippen molar-refractivity contribution in [2.75, 3.05) is 39.4 Å². The van der Waals surface area contributed by atoms with Crippen molar-refractivity contribution in [1.82, 2.24) is 25.5 Å². The molecule has 28 heavy (non-hydrogen) atoms. The molecule has 7 nitrogen and oxygen atoms in total. The minimum Gasteiger partial charge on any atom is -0.379 e. The highest BCUT2D eigenvalue weighted by Gasteiger charge is 2.17. The van der Waals surface area contributed by atoms with Gasteiger partial charge in [-0.15, -0.1) is 24.0 Å². The molecule has 1 atom stereocenters. The van der Waals surface area contributed by atoms with Crippen LogP contribution < -0.4 is 10.6 Å². The molecule has 0 saturated carbocycles. The van der Waals surface area contributed by atoms with Crippen molar-refractivity contribution in [3.05, 3.63) is 42.4 Å². The van der Waals surface area contributed by atoms with Crippen molar-refractivity contribution < 1.29 is 4.74 Å². The summed E-state index contributed by atoms with van der Waals surface area (Å²) < 4.78 is 5.43. The van der Waals surface area contributed by atoms with Crippen molar-refractivity contribution in [2.24, 2.45) is 4.99 Å². The molecule has 1 unspecified atom stereocenters. The number of morpholine rings is 1. The average molecular weight is 498 g/mol. The van der Waals surface area contributed by atoms with Gasteiger partial charge in [-0.25, -0.2) is 9.98 Å². The highest BCUT2D eigenvalue weighted by atomic mass is 127. The van der Waals surface area contributed by atoms with Gasteiger partial charge >= 0.3 is 0 Å². The Balaban J connectivity index is 0.00000280. The van der Waals surface area contributed by atoms with E-state index in [1.165, 1.54) is 0 Å². The smallest absolute Gasteiger partial charge is 0.191 e. The number of imidazole rings is 1. The third-order valence-corrected chi connectivity index (χ3v) is 4.68. The Labute approximate surface area is 184 Å². The zero-order chi connectivity index (χ0) is 18.9. The van der Waals surface area contributed by atoms with Gasteiger partial charge in [-0.05, 0) is 19.4 Å². The summed E-state index contributed by atoms with van der Waals surface area (Å²) in [6.45, 7) is 10.1. The van der Waals surface area contributed by atoms with Gasteiger partial charge in [0.1, 0.15) is 12.4 Å². The SMILES string of the molecule is CCNC(=NCc1ncc(-c2ccccc2)[nH]1)NCC(C)N1CCOCC1.I. The van der Waals surface area contributed by atoms with Crippen molar-refractivity contribution in [3.63, 3.8) is 0 Å². The molecule has 1 fully saturated rings. The Kier molecular flexibility index (Phi) is 9.72. The fourth-order valence-electron chi connectivity index (χ4n) is 3.09. The zero-order valence-electron chi connectivity index (χ0n) is 16.6. The molecule has 1 aromatic carbocycles. The van der Waals surface area contributed by atoms with E-state index in [0.29, 0.717) is 12.6 Å². The van der Waals surface area contributed by atoms with Crippen molar-refractivity contribution in [2.45, 2.75) is 26.4 Å². The lowest BCUT2D eigenvalue weighted by molar-refractivity contribution is 0.0211. The molecule has 3 N–H and O–H groups in total. The molecule has 0 bridgehead atoms. The molecule has 0 spiro atoms. The highest BCUT2D eigenvalue weighted by molar-refractivity contribution is 14.0. The minimum atomic E-state index is 0. The number of halogens is 1. The first-order valence-electron chi connectivity index (χ1n) is 9.69. The van der Waals surface area contributed by atoms with E-state index < -0.39 is 0 Å². The van der Waals surface area contributed by atoms with Gasteiger partial charge in [-0.2, -0.15) is 0 Å². The van der Waals surface area contributed by atoms with E-state index in [1.54, 1.807) is 0 Å². The number of hydrogen-bond donors (Lipinski definition) is 3. The van der Waals surface area contributed by atoms with Crippen molar-refractivity contribution in [1.29, 1.82) is 0 Å². The third-order valence-electron chi connectivity index (χ3n) is 4.68. The molecule has 154 valence electrons. The lowest BCUT2D eigenvalue weighted by Gasteiger charge is -2.32. The van der Waals surface area contributed by atoms with E-state index in [-0.39, 0.29) is 24.0 Å². The largest absolute Gasteiger partial charge is 0.379 e. The molecule has 0 amide bonds. The van der Waals surface area contributed by atoms with E-state index in [0.717, 1.165) is 62.4 Å². The quantitative estimate of drug-likeness (QED) is 0.311. The number of aliphatic imine (C=N–C) groups is 1. The van der Waals surface area contributed by atoms with Crippen LogP contribution in [0.5, 0.6) is 0 Å². The van der Waals surface area contributed by atoms with Crippen LogP contribution in [0.3, 0.4) is 0 Å². The van der Waals surface area contributed by atoms with Gasteiger partial charge in [-0.1, -0.05) is 30.3 Å². The number of guanidine groups is 1. The number of aromatic amines is 1. The molecular formula is C20H31IN6O. The predicted octanol–water partition coefficient (Wildman–Crippen LogP) is 2.47. The van der Waals surface area contributed by atoms with Crippen LogP contribution in [-0.4, -0.2) is 66.3 Å². The first-order chi connectivity index (χ1) is 13.3. The Morgan fingerprint density at radius 1 is 1.25 bits per heavy atom. The second kappa shape index (κ2) is 12.0. The molecule has 3 rings (SSSR count). The van der Waals surface area contributed by atoms with E-state index >= 15 is 0 Å². The summed E-state index contributed by atoms with van der Waals surface area (Å²) in [6.07, 6.45) is 1.86. The standard InChI is InChI=1S/C20H30N6O.HI/c1-3-21-20(23-13-16(2)26-9-11-27-12-10-26)24-15-19-22-14-18(25-19)17-7-5-4-6-8-17;/h4-8,14,16H,3,9-13,15H2,1-2H3,(H,22,25)(H2,21,23,24);1H. The maximum Gasteiger partial charge on any atom is 0.191 e. The lowest BCUT2D eigenvalue weighted by Crippen LogP contribution is -2.49. The van der Waals surface area contributed by atoms with Crippen LogP contribution in [0.25, 0.3) is 11.3 Å². The first-order valence-corrected chi connectivity index (χ1v) is 9.69. The van der Waals surface area contributed by atoms with Gasteiger partial charge in [0.05, 0.1) is 25.1 Å². The summed E-state index contributed by atoms with van der Waals surface area (Å²) in [5, 5.41) is 6.74. The summed E-state index contributed by atoms with van der Waals surface area (Å²) in [4.78, 5) is 14.9. The number of nitrogens with one attached hydrogen (secondary N) is 3. The Morgan fingerprint density at radius 2 is 2.00 bits per heavy atom. The van der Waals surface area contributed by atoms with Gasteiger partial charge in [0.25, 0.3) is 0 Å². The van der Waals surface area contributed by atoms with Gasteiger partial charge in [0.15, 0.2) is 5.96 Å². The number of benzene rings is 1. The molecule has 1 aliphatic heterocycles. The van der Waals surface area contributed by atoms with Gasteiger partial charge < -0.3 is 20.4 Å². The number of ether oxygens (including phenoxy) is 1. The summed E-state index contributed by atoms with van der Waals surface area (Å²) in [5.41, 5.74) is 2.14. The highest BCUT2D eigenvalue weighted by Crippen LogP contribution is 2.16. The van der Waals surface area contributed by atoms with E-state index in [9.17, 15) is 0 Å². The van der Waals surface area contributed by atoms with E-state index in [4.69, 9.17) is 4.74 Å². The lowest BCUT2D eigenvalue weighted by atomic mass is 10.2. The number of rotatable bonds is 7. The maximum absolute atomic E-state index is 5.43. The molecule has 8 heteroatoms. The van der Waals surface area contributed by atoms with E-state index in [2.05, 4.69) is 56.5 Å². The van der Waals surface area contributed by atoms with Gasteiger partial charge in [-0.3, -0.25) is 4.90 Å². The van der Waals surface area contributed by atoms with Crippen LogP contribution in [-0.2, 0) is 11.3 Å². The normalized spacial score (nSPS) is 16.3. The second-order valence-corrected chi connectivity index (χ2v) is 6.68. The Bertz CT molecular complexity index is 714. The zero-order valence-corrected chi connectivity index (χ0v) is 19.0. The Hall–Kier alpha value is -1.65. The predicted molar refractivity (Wildman–Crippen MR) is 124 cm³/mol. The number of aromatic nitrogens is 2. The van der Waals surface area contributed by atoms with Crippen LogP contribution in [0, 0.1) is 0 Å². The van der Waals surface area contributed by atoms with E-state index in [1.807, 2.05) is 24.4 Å². The summed E-state index contributed by atoms with van der Waals surface area (Å²) in [6, 6.07) is 10.6.